The fourth-order valence-corrected chi connectivity index (χ4v) is 2.97. The average Bonchev–Trinajstić information content (AvgIpc) is 2.67. The summed E-state index contributed by atoms with van der Waals surface area (Å²) in [6, 6.07) is 10.9. The Labute approximate surface area is 151 Å². The molecule has 1 radical (unpaired) electrons. The van der Waals surface area contributed by atoms with Crippen molar-refractivity contribution in [2.75, 3.05) is 33.9 Å². The molecule has 1 aromatic carbocycles. The largest absolute Gasteiger partial charge is 0.493 e. The van der Waals surface area contributed by atoms with Crippen molar-refractivity contribution in [2.24, 2.45) is 0 Å². The Hall–Kier alpha value is -2.31. The van der Waals surface area contributed by atoms with Gasteiger partial charge in [-0.1, -0.05) is 6.07 Å². The van der Waals surface area contributed by atoms with Crippen LogP contribution in [-0.2, 0) is 0 Å². The van der Waals surface area contributed by atoms with Crippen molar-refractivity contribution in [3.8, 4) is 22.8 Å². The molecule has 3 rings (SSSR count). The Kier molecular flexibility index (Phi) is 5.40. The molecule has 7 heteroatoms. The summed E-state index contributed by atoms with van der Waals surface area (Å²) in [5, 5.41) is 4.18. The van der Waals surface area contributed by atoms with Gasteiger partial charge in [-0.2, -0.15) is 0 Å². The number of carbonyl (C=O) groups excluding carboxylic acids is 1. The number of aromatic nitrogens is 1. The van der Waals surface area contributed by atoms with Crippen molar-refractivity contribution in [3.63, 3.8) is 0 Å². The quantitative estimate of drug-likeness (QED) is 0.620. The normalized spacial score (nSPS) is 17.2. The number of hydrogen-bond acceptors (Lipinski definition) is 4. The van der Waals surface area contributed by atoms with Crippen molar-refractivity contribution < 1.29 is 14.3 Å². The molecule has 1 aliphatic heterocycles. The maximum Gasteiger partial charge on any atom is 0.272 e. The molecule has 1 aliphatic rings. The molecule has 131 valence electrons. The predicted molar refractivity (Wildman–Crippen MR) is 95.3 cm³/mol. The van der Waals surface area contributed by atoms with Gasteiger partial charge in [-0.3, -0.25) is 4.79 Å². The highest BCUT2D eigenvalue weighted by atomic mass is 35.5. The van der Waals surface area contributed by atoms with Crippen LogP contribution in [0.2, 0.25) is 0 Å². The fraction of sp³-hybridized carbons (Fsp3) is 0.333. The van der Waals surface area contributed by atoms with E-state index in [1.807, 2.05) is 30.3 Å². The molecule has 25 heavy (non-hydrogen) atoms. The lowest BCUT2D eigenvalue weighted by atomic mass is 10.1. The highest BCUT2D eigenvalue weighted by Crippen LogP contribution is 2.31. The molecule has 1 fully saturated rings. The second kappa shape index (κ2) is 7.72. The van der Waals surface area contributed by atoms with Crippen LogP contribution < -0.4 is 14.8 Å². The first kappa shape index (κ1) is 17.5. The summed E-state index contributed by atoms with van der Waals surface area (Å²) in [6.07, 6.45) is 0. The van der Waals surface area contributed by atoms with E-state index >= 15 is 0 Å². The van der Waals surface area contributed by atoms with Gasteiger partial charge in [-0.15, -0.1) is 11.6 Å². The van der Waals surface area contributed by atoms with Crippen LogP contribution >= 0.6 is 11.6 Å². The van der Waals surface area contributed by atoms with E-state index < -0.39 is 0 Å². The number of rotatable bonds is 4. The summed E-state index contributed by atoms with van der Waals surface area (Å²) in [6.45, 7) is 1.52. The summed E-state index contributed by atoms with van der Waals surface area (Å²) in [4.78, 5) is 18.9. The van der Waals surface area contributed by atoms with Crippen molar-refractivity contribution in [2.45, 2.75) is 5.50 Å². The topological polar surface area (TPSA) is 65.8 Å². The van der Waals surface area contributed by atoms with Gasteiger partial charge < -0.3 is 14.4 Å². The molecule has 1 aromatic heterocycles. The van der Waals surface area contributed by atoms with Crippen LogP contribution in [0.5, 0.6) is 11.5 Å². The van der Waals surface area contributed by atoms with Crippen LogP contribution in [-0.4, -0.2) is 55.1 Å². The molecule has 1 amide bonds. The van der Waals surface area contributed by atoms with Crippen molar-refractivity contribution in [3.05, 3.63) is 42.1 Å². The second-order valence-corrected chi connectivity index (χ2v) is 6.07. The second-order valence-electron chi connectivity index (χ2n) is 5.57. The van der Waals surface area contributed by atoms with Gasteiger partial charge in [0.15, 0.2) is 11.5 Å². The lowest BCUT2D eigenvalue weighted by Gasteiger charge is -2.29. The molecule has 2 aromatic rings. The summed E-state index contributed by atoms with van der Waals surface area (Å²) >= 11 is 6.03. The Morgan fingerprint density at radius 1 is 1.20 bits per heavy atom. The molecule has 6 nitrogen and oxygen atoms in total. The zero-order valence-electron chi connectivity index (χ0n) is 14.1. The van der Waals surface area contributed by atoms with Gasteiger partial charge >= 0.3 is 0 Å². The third kappa shape index (κ3) is 3.86. The Bertz CT molecular complexity index is 769. The third-order valence-electron chi connectivity index (χ3n) is 4.00. The number of methoxy groups -OCH3 is 2. The zero-order valence-corrected chi connectivity index (χ0v) is 14.9. The van der Waals surface area contributed by atoms with E-state index in [1.54, 1.807) is 25.2 Å². The van der Waals surface area contributed by atoms with Gasteiger partial charge in [0.2, 0.25) is 0 Å². The monoisotopic (exact) mass is 360 g/mol. The molecule has 2 heterocycles. The standard InChI is InChI=1S/C18H19ClN3O3/c1-24-15-7-6-12(10-16(15)25-2)13-4-3-5-14(21-13)18(23)22-9-8-20-17(19)11-22/h3-7,10,17H,8-9,11H2,1-2H3. The number of hydrogen-bond donors (Lipinski definition) is 0. The van der Waals surface area contributed by atoms with E-state index in [2.05, 4.69) is 10.3 Å². The average molecular weight is 361 g/mol. The lowest BCUT2D eigenvalue weighted by Crippen LogP contribution is -2.47. The summed E-state index contributed by atoms with van der Waals surface area (Å²) in [5.74, 6) is 1.12. The van der Waals surface area contributed by atoms with Crippen LogP contribution in [0.3, 0.4) is 0 Å². The zero-order chi connectivity index (χ0) is 17.8. The number of ether oxygens (including phenoxy) is 2. The highest BCUT2D eigenvalue weighted by Gasteiger charge is 2.24. The molecular formula is C18H19ClN3O3. The van der Waals surface area contributed by atoms with Crippen molar-refractivity contribution in [1.82, 2.24) is 15.2 Å². The van der Waals surface area contributed by atoms with Gasteiger partial charge in [0, 0.05) is 18.7 Å². The maximum atomic E-state index is 12.7. The number of benzene rings is 1. The summed E-state index contributed by atoms with van der Waals surface area (Å²) < 4.78 is 10.6. The van der Waals surface area contributed by atoms with Gasteiger partial charge in [0.25, 0.3) is 5.91 Å². The number of alkyl halides is 1. The van der Waals surface area contributed by atoms with E-state index in [1.165, 1.54) is 0 Å². The minimum atomic E-state index is -0.355. The molecule has 1 unspecified atom stereocenters. The molecule has 0 saturated carbocycles. The SMILES string of the molecule is COc1ccc(-c2cccc(C(=O)N3CC[N]C(Cl)C3)n2)cc1OC. The Morgan fingerprint density at radius 2 is 2.00 bits per heavy atom. The number of halogens is 1. The van der Waals surface area contributed by atoms with Crippen LogP contribution in [0.15, 0.2) is 36.4 Å². The highest BCUT2D eigenvalue weighted by molar-refractivity contribution is 6.20. The van der Waals surface area contributed by atoms with Gasteiger partial charge in [-0.05, 0) is 30.3 Å². The third-order valence-corrected chi connectivity index (χ3v) is 4.28. The summed E-state index contributed by atoms with van der Waals surface area (Å²) in [7, 11) is 3.17. The van der Waals surface area contributed by atoms with Crippen LogP contribution in [0.1, 0.15) is 10.5 Å². The molecular weight excluding hydrogens is 342 g/mol. The maximum absolute atomic E-state index is 12.7. The first-order chi connectivity index (χ1) is 12.1. The lowest BCUT2D eigenvalue weighted by molar-refractivity contribution is 0.0718. The van der Waals surface area contributed by atoms with E-state index in [4.69, 9.17) is 21.1 Å². The van der Waals surface area contributed by atoms with Crippen LogP contribution in [0.25, 0.3) is 11.3 Å². The number of piperazine rings is 1. The van der Waals surface area contributed by atoms with E-state index in [-0.39, 0.29) is 11.4 Å². The predicted octanol–water partition coefficient (Wildman–Crippen LogP) is 2.39. The van der Waals surface area contributed by atoms with E-state index in [0.29, 0.717) is 42.5 Å². The van der Waals surface area contributed by atoms with E-state index in [9.17, 15) is 4.79 Å². The minimum absolute atomic E-state index is 0.136. The molecule has 1 saturated heterocycles. The molecule has 1 atom stereocenters. The first-order valence-electron chi connectivity index (χ1n) is 7.92. The van der Waals surface area contributed by atoms with Crippen molar-refractivity contribution >= 4 is 17.5 Å². The van der Waals surface area contributed by atoms with E-state index in [0.717, 1.165) is 5.56 Å². The summed E-state index contributed by atoms with van der Waals surface area (Å²) in [5.41, 5.74) is 1.57. The number of pyridine rings is 1. The Morgan fingerprint density at radius 3 is 2.72 bits per heavy atom. The fourth-order valence-electron chi connectivity index (χ4n) is 2.71. The van der Waals surface area contributed by atoms with Crippen molar-refractivity contribution in [1.29, 1.82) is 0 Å². The smallest absolute Gasteiger partial charge is 0.272 e. The molecule has 0 bridgehead atoms. The minimum Gasteiger partial charge on any atom is -0.493 e. The van der Waals surface area contributed by atoms with Gasteiger partial charge in [-0.25, -0.2) is 10.3 Å². The number of carbonyl (C=O) groups is 1. The van der Waals surface area contributed by atoms with Crippen LogP contribution in [0.4, 0.5) is 0 Å². The number of nitrogens with zero attached hydrogens (tertiary/aromatic N) is 3. The van der Waals surface area contributed by atoms with Gasteiger partial charge in [0.1, 0.15) is 11.2 Å². The molecule has 0 aliphatic carbocycles. The van der Waals surface area contributed by atoms with Crippen LogP contribution in [0, 0.1) is 0 Å². The molecule has 0 spiro atoms. The van der Waals surface area contributed by atoms with Gasteiger partial charge in [0.05, 0.1) is 26.5 Å². The number of amides is 1. The molecule has 0 N–H and O–H groups in total. The Balaban J connectivity index is 1.87. The first-order valence-corrected chi connectivity index (χ1v) is 8.35.